The number of rotatable bonds is 5. The van der Waals surface area contributed by atoms with Crippen molar-refractivity contribution in [2.45, 2.75) is 25.1 Å². The van der Waals surface area contributed by atoms with Gasteiger partial charge in [-0.05, 0) is 23.6 Å². The molecule has 1 N–H and O–H groups in total. The zero-order valence-corrected chi connectivity index (χ0v) is 12.6. The van der Waals surface area contributed by atoms with Gasteiger partial charge < -0.3 is 5.11 Å². The van der Waals surface area contributed by atoms with E-state index >= 15 is 0 Å². The van der Waals surface area contributed by atoms with Gasteiger partial charge in [0.15, 0.2) is 0 Å². The van der Waals surface area contributed by atoms with Crippen molar-refractivity contribution in [3.63, 3.8) is 0 Å². The van der Waals surface area contributed by atoms with Gasteiger partial charge in [0.2, 0.25) is 0 Å². The second-order valence-electron chi connectivity index (χ2n) is 5.01. The van der Waals surface area contributed by atoms with Gasteiger partial charge in [0.25, 0.3) is 0 Å². The Morgan fingerprint density at radius 3 is 3.05 bits per heavy atom. The van der Waals surface area contributed by atoms with Crippen LogP contribution in [0, 0.1) is 0 Å². The number of carboxylic acids is 1. The van der Waals surface area contributed by atoms with Crippen molar-refractivity contribution in [3.8, 4) is 0 Å². The molecule has 1 heterocycles. The maximum atomic E-state index is 10.7. The van der Waals surface area contributed by atoms with Crippen molar-refractivity contribution in [2.24, 2.45) is 0 Å². The maximum Gasteiger partial charge on any atom is 0.328 e. The molecular weight excluding hydrogens is 270 g/mol. The van der Waals surface area contributed by atoms with Gasteiger partial charge in [-0.1, -0.05) is 31.2 Å². The number of carboxylic acid groups (broad SMARTS) is 1. The molecule has 0 aromatic heterocycles. The Hall–Kier alpha value is -1.26. The molecule has 1 unspecified atom stereocenters. The van der Waals surface area contributed by atoms with Crippen molar-refractivity contribution in [1.82, 2.24) is 4.90 Å². The molecule has 0 radical (unpaired) electrons. The van der Waals surface area contributed by atoms with Crippen LogP contribution < -0.4 is 0 Å². The summed E-state index contributed by atoms with van der Waals surface area (Å²) in [6.07, 6.45) is 4.11. The van der Waals surface area contributed by atoms with Crippen molar-refractivity contribution >= 4 is 23.8 Å². The average Bonchev–Trinajstić information content (AvgIpc) is 2.46. The number of hydrogen-bond donors (Lipinski definition) is 1. The molecule has 2 rings (SSSR count). The largest absolute Gasteiger partial charge is 0.478 e. The maximum absolute atomic E-state index is 10.7. The molecule has 1 aromatic carbocycles. The van der Waals surface area contributed by atoms with E-state index in [1.807, 2.05) is 18.2 Å². The molecule has 4 heteroatoms. The highest BCUT2D eigenvalue weighted by molar-refractivity contribution is 8.00. The smallest absolute Gasteiger partial charge is 0.328 e. The predicted octanol–water partition coefficient (Wildman–Crippen LogP) is 3.11. The molecular formula is C16H21NO2S. The van der Waals surface area contributed by atoms with Gasteiger partial charge in [-0.3, -0.25) is 4.90 Å². The molecule has 0 aliphatic carbocycles. The summed E-state index contributed by atoms with van der Waals surface area (Å²) in [5, 5.41) is 9.48. The first kappa shape index (κ1) is 15.1. The van der Waals surface area contributed by atoms with E-state index in [1.165, 1.54) is 23.8 Å². The summed E-state index contributed by atoms with van der Waals surface area (Å²) in [6.45, 7) is 5.37. The van der Waals surface area contributed by atoms with E-state index in [1.54, 1.807) is 6.08 Å². The Morgan fingerprint density at radius 1 is 1.50 bits per heavy atom. The van der Waals surface area contributed by atoms with Crippen LogP contribution in [-0.4, -0.2) is 40.1 Å². The molecule has 1 aliphatic rings. The monoisotopic (exact) mass is 291 g/mol. The van der Waals surface area contributed by atoms with Crippen molar-refractivity contribution in [3.05, 3.63) is 41.5 Å². The van der Waals surface area contributed by atoms with Gasteiger partial charge in [-0.15, -0.1) is 0 Å². The Labute approximate surface area is 124 Å². The molecule has 1 aromatic rings. The lowest BCUT2D eigenvalue weighted by atomic mass is 10.1. The minimum absolute atomic E-state index is 0.727. The standard InChI is InChI=1S/C16H21NO2S/c1-2-15-12-17(9-10-20-15)11-14-6-4-3-5-13(14)7-8-16(18)19/h3-8,15H,2,9-12H2,1H3,(H,18,19)/b8-7+. The summed E-state index contributed by atoms with van der Waals surface area (Å²) in [6, 6.07) is 8.03. The first-order chi connectivity index (χ1) is 9.69. The SMILES string of the molecule is CCC1CN(Cc2ccccc2/C=C/C(=O)O)CCS1. The third-order valence-electron chi connectivity index (χ3n) is 3.53. The van der Waals surface area contributed by atoms with E-state index < -0.39 is 5.97 Å². The summed E-state index contributed by atoms with van der Waals surface area (Å²) < 4.78 is 0. The van der Waals surface area contributed by atoms with Gasteiger partial charge in [-0.2, -0.15) is 11.8 Å². The molecule has 1 fully saturated rings. The number of benzene rings is 1. The number of thioether (sulfide) groups is 1. The summed E-state index contributed by atoms with van der Waals surface area (Å²) in [4.78, 5) is 13.1. The highest BCUT2D eigenvalue weighted by Gasteiger charge is 2.19. The quantitative estimate of drug-likeness (QED) is 0.846. The molecule has 3 nitrogen and oxygen atoms in total. The van der Waals surface area contributed by atoms with Gasteiger partial charge >= 0.3 is 5.97 Å². The number of carbonyl (C=O) groups is 1. The fourth-order valence-corrected chi connectivity index (χ4v) is 3.66. The minimum atomic E-state index is -0.903. The van der Waals surface area contributed by atoms with Crippen LogP contribution in [0.15, 0.2) is 30.3 Å². The summed E-state index contributed by atoms with van der Waals surface area (Å²) in [5.41, 5.74) is 2.20. The molecule has 20 heavy (non-hydrogen) atoms. The minimum Gasteiger partial charge on any atom is -0.478 e. The van der Waals surface area contributed by atoms with Gasteiger partial charge in [0, 0.05) is 36.7 Å². The van der Waals surface area contributed by atoms with E-state index in [2.05, 4.69) is 29.7 Å². The Kier molecular flexibility index (Phi) is 5.68. The van der Waals surface area contributed by atoms with Crippen LogP contribution in [-0.2, 0) is 11.3 Å². The van der Waals surface area contributed by atoms with E-state index in [0.29, 0.717) is 0 Å². The number of aliphatic carboxylic acids is 1. The zero-order valence-electron chi connectivity index (χ0n) is 11.8. The van der Waals surface area contributed by atoms with E-state index in [9.17, 15) is 4.79 Å². The average molecular weight is 291 g/mol. The Morgan fingerprint density at radius 2 is 2.30 bits per heavy atom. The molecule has 0 bridgehead atoms. The molecule has 0 amide bonds. The van der Waals surface area contributed by atoms with Gasteiger partial charge in [0.1, 0.15) is 0 Å². The van der Waals surface area contributed by atoms with Gasteiger partial charge in [0.05, 0.1) is 0 Å². The number of hydrogen-bond acceptors (Lipinski definition) is 3. The van der Waals surface area contributed by atoms with E-state index in [4.69, 9.17) is 5.11 Å². The summed E-state index contributed by atoms with van der Waals surface area (Å²) in [5.74, 6) is 0.284. The van der Waals surface area contributed by atoms with Crippen molar-refractivity contribution in [2.75, 3.05) is 18.8 Å². The lowest BCUT2D eigenvalue weighted by Gasteiger charge is -2.32. The van der Waals surface area contributed by atoms with Crippen molar-refractivity contribution in [1.29, 1.82) is 0 Å². The van der Waals surface area contributed by atoms with Crippen LogP contribution in [0.1, 0.15) is 24.5 Å². The highest BCUT2D eigenvalue weighted by Crippen LogP contribution is 2.23. The lowest BCUT2D eigenvalue weighted by molar-refractivity contribution is -0.131. The van der Waals surface area contributed by atoms with Crippen LogP contribution in [0.3, 0.4) is 0 Å². The third-order valence-corrected chi connectivity index (χ3v) is 4.90. The fourth-order valence-electron chi connectivity index (χ4n) is 2.41. The highest BCUT2D eigenvalue weighted by atomic mass is 32.2. The van der Waals surface area contributed by atoms with Crippen LogP contribution in [0.25, 0.3) is 6.08 Å². The second-order valence-corrected chi connectivity index (χ2v) is 6.41. The Bertz CT molecular complexity index is 487. The topological polar surface area (TPSA) is 40.5 Å². The predicted molar refractivity (Wildman–Crippen MR) is 84.9 cm³/mol. The number of nitrogens with zero attached hydrogens (tertiary/aromatic N) is 1. The summed E-state index contributed by atoms with van der Waals surface area (Å²) >= 11 is 2.06. The van der Waals surface area contributed by atoms with Gasteiger partial charge in [-0.25, -0.2) is 4.79 Å². The lowest BCUT2D eigenvalue weighted by Crippen LogP contribution is -2.37. The fraction of sp³-hybridized carbons (Fsp3) is 0.438. The van der Waals surface area contributed by atoms with Crippen LogP contribution in [0.4, 0.5) is 0 Å². The molecule has 1 saturated heterocycles. The first-order valence-corrected chi connectivity index (χ1v) is 8.06. The Balaban J connectivity index is 2.07. The van der Waals surface area contributed by atoms with E-state index in [0.717, 1.165) is 30.4 Å². The van der Waals surface area contributed by atoms with Crippen LogP contribution in [0.5, 0.6) is 0 Å². The molecule has 0 saturated carbocycles. The molecule has 1 atom stereocenters. The second kappa shape index (κ2) is 7.50. The summed E-state index contributed by atoms with van der Waals surface area (Å²) in [7, 11) is 0. The molecule has 0 spiro atoms. The molecule has 108 valence electrons. The normalized spacial score (nSPS) is 20.4. The van der Waals surface area contributed by atoms with Crippen LogP contribution >= 0.6 is 11.8 Å². The third kappa shape index (κ3) is 4.39. The molecule has 1 aliphatic heterocycles. The zero-order chi connectivity index (χ0) is 14.4. The van der Waals surface area contributed by atoms with Crippen LogP contribution in [0.2, 0.25) is 0 Å². The first-order valence-electron chi connectivity index (χ1n) is 7.02. The van der Waals surface area contributed by atoms with E-state index in [-0.39, 0.29) is 0 Å². The van der Waals surface area contributed by atoms with Crippen molar-refractivity contribution < 1.29 is 9.90 Å².